The molecule has 3 heteroatoms. The fourth-order valence-electron chi connectivity index (χ4n) is 2.44. The summed E-state index contributed by atoms with van der Waals surface area (Å²) < 4.78 is 31.8. The molecule has 1 aromatic carbocycles. The Kier molecular flexibility index (Phi) is 4.43. The molecule has 0 saturated heterocycles. The molecule has 2 rings (SSSR count). The van der Waals surface area contributed by atoms with Crippen molar-refractivity contribution in [3.63, 3.8) is 0 Å². The first kappa shape index (κ1) is 14.3. The topological polar surface area (TPSA) is 9.23 Å². The lowest BCUT2D eigenvalue weighted by molar-refractivity contribution is -0.0498. The second kappa shape index (κ2) is 5.89. The van der Waals surface area contributed by atoms with Crippen molar-refractivity contribution in [1.82, 2.24) is 0 Å². The van der Waals surface area contributed by atoms with Crippen molar-refractivity contribution in [3.8, 4) is 5.75 Å². The predicted molar refractivity (Wildman–Crippen MR) is 72.9 cm³/mol. The lowest BCUT2D eigenvalue weighted by Crippen LogP contribution is -2.27. The molecular formula is C16H22F2O. The molecule has 1 nitrogen and oxygen atoms in total. The lowest BCUT2D eigenvalue weighted by Gasteiger charge is -2.28. The van der Waals surface area contributed by atoms with E-state index in [-0.39, 0.29) is 18.8 Å². The van der Waals surface area contributed by atoms with Gasteiger partial charge in [-0.3, -0.25) is 0 Å². The number of ether oxygens (including phenoxy) is 1. The molecule has 0 unspecified atom stereocenters. The van der Waals surface area contributed by atoms with Crippen LogP contribution in [0.25, 0.3) is 0 Å². The first-order valence-electron chi connectivity index (χ1n) is 7.07. The van der Waals surface area contributed by atoms with Crippen LogP contribution in [-0.2, 0) is 0 Å². The van der Waals surface area contributed by atoms with Crippen LogP contribution in [0.15, 0.2) is 24.3 Å². The summed E-state index contributed by atoms with van der Waals surface area (Å²) in [7, 11) is 0. The molecule has 0 aromatic heterocycles. The number of hydrogen-bond acceptors (Lipinski definition) is 1. The van der Waals surface area contributed by atoms with E-state index in [1.807, 2.05) is 18.2 Å². The number of alkyl halides is 2. The van der Waals surface area contributed by atoms with E-state index in [2.05, 4.69) is 19.9 Å². The molecule has 0 atom stereocenters. The van der Waals surface area contributed by atoms with Gasteiger partial charge < -0.3 is 4.74 Å². The van der Waals surface area contributed by atoms with Crippen molar-refractivity contribution in [2.75, 3.05) is 6.61 Å². The lowest BCUT2D eigenvalue weighted by atomic mass is 9.87. The minimum atomic E-state index is -2.45. The van der Waals surface area contributed by atoms with Gasteiger partial charge in [0, 0.05) is 12.8 Å². The smallest absolute Gasteiger partial charge is 0.248 e. The predicted octanol–water partition coefficient (Wildman–Crippen LogP) is 5.01. The van der Waals surface area contributed by atoms with Gasteiger partial charge in [-0.1, -0.05) is 26.0 Å². The largest absolute Gasteiger partial charge is 0.493 e. The molecule has 0 aliphatic heterocycles. The molecule has 1 fully saturated rings. The number of hydrogen-bond donors (Lipinski definition) is 0. The van der Waals surface area contributed by atoms with Gasteiger partial charge in [0.25, 0.3) is 0 Å². The average molecular weight is 268 g/mol. The van der Waals surface area contributed by atoms with E-state index in [4.69, 9.17) is 4.74 Å². The van der Waals surface area contributed by atoms with Crippen LogP contribution >= 0.6 is 0 Å². The van der Waals surface area contributed by atoms with E-state index in [1.54, 1.807) is 0 Å². The van der Waals surface area contributed by atoms with Crippen molar-refractivity contribution >= 4 is 0 Å². The molecule has 1 aliphatic rings. The number of halogens is 2. The van der Waals surface area contributed by atoms with E-state index in [0.29, 0.717) is 25.4 Å². The zero-order valence-electron chi connectivity index (χ0n) is 11.7. The van der Waals surface area contributed by atoms with Crippen LogP contribution in [0.4, 0.5) is 8.78 Å². The molecule has 0 N–H and O–H groups in total. The first-order chi connectivity index (χ1) is 8.96. The van der Waals surface area contributed by atoms with Crippen molar-refractivity contribution in [1.29, 1.82) is 0 Å². The molecule has 19 heavy (non-hydrogen) atoms. The summed E-state index contributed by atoms with van der Waals surface area (Å²) in [6.07, 6.45) is 1.15. The zero-order chi connectivity index (χ0) is 13.9. The van der Waals surface area contributed by atoms with Crippen molar-refractivity contribution in [3.05, 3.63) is 29.8 Å². The molecule has 1 aromatic rings. The normalized spacial score (nSPS) is 19.6. The highest BCUT2D eigenvalue weighted by atomic mass is 19.3. The highest BCUT2D eigenvalue weighted by Gasteiger charge is 2.34. The highest BCUT2D eigenvalue weighted by molar-refractivity contribution is 5.30. The molecule has 1 saturated carbocycles. The van der Waals surface area contributed by atoms with E-state index in [0.717, 1.165) is 5.75 Å². The van der Waals surface area contributed by atoms with Gasteiger partial charge in [-0.15, -0.1) is 0 Å². The summed E-state index contributed by atoms with van der Waals surface area (Å²) in [5, 5.41) is 0. The van der Waals surface area contributed by atoms with Crippen molar-refractivity contribution in [2.24, 2.45) is 5.92 Å². The van der Waals surface area contributed by atoms with E-state index in [1.165, 1.54) is 5.56 Å². The SMILES string of the molecule is CC(C)c1cccc(OCC2CCC(F)(F)CC2)c1. The third kappa shape index (κ3) is 4.19. The van der Waals surface area contributed by atoms with Crippen molar-refractivity contribution < 1.29 is 13.5 Å². The van der Waals surface area contributed by atoms with E-state index < -0.39 is 5.92 Å². The fraction of sp³-hybridized carbons (Fsp3) is 0.625. The van der Waals surface area contributed by atoms with Crippen LogP contribution in [0.3, 0.4) is 0 Å². The van der Waals surface area contributed by atoms with Crippen LogP contribution in [0.2, 0.25) is 0 Å². The Bertz CT molecular complexity index is 405. The third-order valence-electron chi connectivity index (χ3n) is 3.85. The van der Waals surface area contributed by atoms with Gasteiger partial charge in [0.05, 0.1) is 6.61 Å². The Balaban J connectivity index is 1.84. The molecule has 0 spiro atoms. The van der Waals surface area contributed by atoms with Gasteiger partial charge in [-0.25, -0.2) is 8.78 Å². The van der Waals surface area contributed by atoms with Crippen LogP contribution < -0.4 is 4.74 Å². The maximum absolute atomic E-state index is 13.0. The standard InChI is InChI=1S/C16H22F2O/c1-12(2)14-4-3-5-15(10-14)19-11-13-6-8-16(17,18)9-7-13/h3-5,10,12-13H,6-9,11H2,1-2H3. The van der Waals surface area contributed by atoms with Crippen LogP contribution in [0, 0.1) is 5.92 Å². The number of benzene rings is 1. The Hall–Kier alpha value is -1.12. The highest BCUT2D eigenvalue weighted by Crippen LogP contribution is 2.36. The van der Waals surface area contributed by atoms with E-state index in [9.17, 15) is 8.78 Å². The summed E-state index contributed by atoms with van der Waals surface area (Å²) in [6.45, 7) is 4.84. The van der Waals surface area contributed by atoms with Crippen LogP contribution in [-0.4, -0.2) is 12.5 Å². The number of rotatable bonds is 4. The van der Waals surface area contributed by atoms with E-state index >= 15 is 0 Å². The zero-order valence-corrected chi connectivity index (χ0v) is 11.7. The summed E-state index contributed by atoms with van der Waals surface area (Å²) in [4.78, 5) is 0. The monoisotopic (exact) mass is 268 g/mol. The molecule has 0 heterocycles. The van der Waals surface area contributed by atoms with Crippen molar-refractivity contribution in [2.45, 2.75) is 51.4 Å². The minimum Gasteiger partial charge on any atom is -0.493 e. The summed E-state index contributed by atoms with van der Waals surface area (Å²) in [5.41, 5.74) is 1.24. The summed E-state index contributed by atoms with van der Waals surface area (Å²) >= 11 is 0. The van der Waals surface area contributed by atoms with Crippen LogP contribution in [0.5, 0.6) is 5.75 Å². The Morgan fingerprint density at radius 1 is 1.26 bits per heavy atom. The van der Waals surface area contributed by atoms with Gasteiger partial charge in [0.15, 0.2) is 0 Å². The second-order valence-corrected chi connectivity index (χ2v) is 5.84. The Morgan fingerprint density at radius 3 is 2.58 bits per heavy atom. The summed E-state index contributed by atoms with van der Waals surface area (Å²) in [5.74, 6) is -0.864. The maximum Gasteiger partial charge on any atom is 0.248 e. The maximum atomic E-state index is 13.0. The Labute approximate surface area is 114 Å². The summed E-state index contributed by atoms with van der Waals surface area (Å²) in [6, 6.07) is 8.05. The molecule has 1 aliphatic carbocycles. The average Bonchev–Trinajstić information content (AvgIpc) is 2.38. The Morgan fingerprint density at radius 2 is 1.95 bits per heavy atom. The molecule has 0 bridgehead atoms. The minimum absolute atomic E-state index is 0.00700. The second-order valence-electron chi connectivity index (χ2n) is 5.84. The van der Waals surface area contributed by atoms with Gasteiger partial charge in [0.1, 0.15) is 5.75 Å². The quantitative estimate of drug-likeness (QED) is 0.745. The van der Waals surface area contributed by atoms with Crippen LogP contribution in [0.1, 0.15) is 51.0 Å². The molecule has 0 radical (unpaired) electrons. The molecule has 0 amide bonds. The first-order valence-corrected chi connectivity index (χ1v) is 7.07. The fourth-order valence-corrected chi connectivity index (χ4v) is 2.44. The van der Waals surface area contributed by atoms with Gasteiger partial charge >= 0.3 is 0 Å². The van der Waals surface area contributed by atoms with Gasteiger partial charge in [-0.2, -0.15) is 0 Å². The molecular weight excluding hydrogens is 246 g/mol. The van der Waals surface area contributed by atoms with Gasteiger partial charge in [0.2, 0.25) is 5.92 Å². The third-order valence-corrected chi connectivity index (χ3v) is 3.85. The molecule has 106 valence electrons. The van der Waals surface area contributed by atoms with Gasteiger partial charge in [-0.05, 0) is 42.4 Å².